The first-order valence-electron chi connectivity index (χ1n) is 8.85. The summed E-state index contributed by atoms with van der Waals surface area (Å²) in [6.07, 6.45) is 0.885. The molecule has 0 saturated carbocycles. The lowest BCUT2D eigenvalue weighted by molar-refractivity contribution is 0.195. The number of ether oxygens (including phenoxy) is 2. The van der Waals surface area contributed by atoms with E-state index in [1.54, 1.807) is 13.2 Å². The van der Waals surface area contributed by atoms with E-state index in [4.69, 9.17) is 21.1 Å². The van der Waals surface area contributed by atoms with Crippen LogP contribution in [0.5, 0.6) is 5.75 Å². The van der Waals surface area contributed by atoms with E-state index >= 15 is 0 Å². The van der Waals surface area contributed by atoms with Crippen LogP contribution in [0.1, 0.15) is 18.1 Å². The highest BCUT2D eigenvalue weighted by molar-refractivity contribution is 14.0. The maximum absolute atomic E-state index is 6.09. The average molecular weight is 523 g/mol. The molecule has 0 saturated heterocycles. The molecule has 8 nitrogen and oxygen atoms in total. The number of rotatable bonds is 10. The van der Waals surface area contributed by atoms with Crippen molar-refractivity contribution >= 4 is 41.5 Å². The van der Waals surface area contributed by atoms with Crippen molar-refractivity contribution < 1.29 is 9.47 Å². The fourth-order valence-corrected chi connectivity index (χ4v) is 2.42. The predicted molar refractivity (Wildman–Crippen MR) is 122 cm³/mol. The molecular formula is C18H28ClIN6O2. The van der Waals surface area contributed by atoms with Crippen molar-refractivity contribution in [2.75, 3.05) is 33.4 Å². The van der Waals surface area contributed by atoms with Gasteiger partial charge in [-0.3, -0.25) is 0 Å². The number of guanidine groups is 1. The van der Waals surface area contributed by atoms with Gasteiger partial charge in [0, 0.05) is 27.3 Å². The van der Waals surface area contributed by atoms with Crippen LogP contribution in [-0.2, 0) is 18.3 Å². The summed E-state index contributed by atoms with van der Waals surface area (Å²) in [6, 6.07) is 7.41. The van der Waals surface area contributed by atoms with Crippen LogP contribution in [0.3, 0.4) is 0 Å². The van der Waals surface area contributed by atoms with Gasteiger partial charge in [-0.25, -0.2) is 4.99 Å². The largest absolute Gasteiger partial charge is 0.490 e. The zero-order valence-electron chi connectivity index (χ0n) is 16.4. The van der Waals surface area contributed by atoms with Crippen molar-refractivity contribution in [2.45, 2.75) is 19.9 Å². The molecule has 1 aromatic carbocycles. The number of aromatic nitrogens is 3. The Morgan fingerprint density at radius 1 is 1.18 bits per heavy atom. The first-order valence-corrected chi connectivity index (χ1v) is 9.23. The van der Waals surface area contributed by atoms with E-state index < -0.39 is 0 Å². The molecule has 0 atom stereocenters. The fourth-order valence-electron chi connectivity index (χ4n) is 2.23. The number of aryl methyl sites for hydroxylation is 1. The van der Waals surface area contributed by atoms with E-state index in [2.05, 4.69) is 25.8 Å². The summed E-state index contributed by atoms with van der Waals surface area (Å²) >= 11 is 6.09. The Kier molecular flexibility index (Phi) is 11.8. The van der Waals surface area contributed by atoms with Crippen LogP contribution in [0.2, 0.25) is 5.02 Å². The smallest absolute Gasteiger partial charge is 0.191 e. The Morgan fingerprint density at radius 2 is 1.93 bits per heavy atom. The third kappa shape index (κ3) is 8.19. The summed E-state index contributed by atoms with van der Waals surface area (Å²) in [5.41, 5.74) is 0. The van der Waals surface area contributed by atoms with Crippen molar-refractivity contribution in [3.05, 3.63) is 40.9 Å². The number of aliphatic imine (C=N–C) groups is 1. The molecule has 1 heterocycles. The SMILES string of the molecule is COCCCNC(=NCc1nnc(C)n1C)NCCOc1ccccc1Cl.I. The lowest BCUT2D eigenvalue weighted by Gasteiger charge is -2.13. The van der Waals surface area contributed by atoms with Crippen molar-refractivity contribution in [1.82, 2.24) is 25.4 Å². The molecule has 0 aliphatic heterocycles. The summed E-state index contributed by atoms with van der Waals surface area (Å²) in [4.78, 5) is 4.58. The topological polar surface area (TPSA) is 85.6 Å². The zero-order chi connectivity index (χ0) is 19.5. The first kappa shape index (κ1) is 24.4. The number of hydrogen-bond acceptors (Lipinski definition) is 5. The van der Waals surface area contributed by atoms with Crippen molar-refractivity contribution in [1.29, 1.82) is 0 Å². The number of methoxy groups -OCH3 is 1. The van der Waals surface area contributed by atoms with Gasteiger partial charge in [-0.15, -0.1) is 34.2 Å². The summed E-state index contributed by atoms with van der Waals surface area (Å²) in [5, 5.41) is 15.3. The predicted octanol–water partition coefficient (Wildman–Crippen LogP) is 2.55. The number of halogens is 2. The maximum Gasteiger partial charge on any atom is 0.191 e. The highest BCUT2D eigenvalue weighted by Gasteiger charge is 2.05. The fraction of sp³-hybridized carbons (Fsp3) is 0.500. The van der Waals surface area contributed by atoms with Gasteiger partial charge < -0.3 is 24.7 Å². The van der Waals surface area contributed by atoms with Crippen molar-refractivity contribution in [3.63, 3.8) is 0 Å². The van der Waals surface area contributed by atoms with Gasteiger partial charge in [-0.2, -0.15) is 0 Å². The van der Waals surface area contributed by atoms with E-state index in [0.717, 1.165) is 24.6 Å². The van der Waals surface area contributed by atoms with E-state index in [0.29, 0.717) is 43.0 Å². The first-order chi connectivity index (χ1) is 13.1. The van der Waals surface area contributed by atoms with Gasteiger partial charge in [0.25, 0.3) is 0 Å². The molecule has 10 heteroatoms. The van der Waals surface area contributed by atoms with Gasteiger partial charge >= 0.3 is 0 Å². The molecule has 2 N–H and O–H groups in total. The Bertz CT molecular complexity index is 741. The number of nitrogens with one attached hydrogen (secondary N) is 2. The summed E-state index contributed by atoms with van der Waals surface area (Å²) in [6.45, 7) is 4.84. The molecule has 0 bridgehead atoms. The molecule has 0 radical (unpaired) electrons. The minimum atomic E-state index is 0. The van der Waals surface area contributed by atoms with Gasteiger partial charge in [0.05, 0.1) is 11.6 Å². The van der Waals surface area contributed by atoms with Crippen LogP contribution < -0.4 is 15.4 Å². The molecule has 2 aromatic rings. The molecule has 28 heavy (non-hydrogen) atoms. The number of para-hydroxylation sites is 1. The Hall–Kier alpha value is -1.59. The molecular weight excluding hydrogens is 495 g/mol. The van der Waals surface area contributed by atoms with Crippen LogP contribution in [0.15, 0.2) is 29.3 Å². The Balaban J connectivity index is 0.00000392. The molecule has 0 unspecified atom stereocenters. The molecule has 1 aromatic heterocycles. The monoisotopic (exact) mass is 522 g/mol. The minimum absolute atomic E-state index is 0. The van der Waals surface area contributed by atoms with Gasteiger partial charge in [0.2, 0.25) is 0 Å². The maximum atomic E-state index is 6.09. The third-order valence-electron chi connectivity index (χ3n) is 3.87. The molecule has 0 aliphatic carbocycles. The van der Waals surface area contributed by atoms with Gasteiger partial charge in [0.15, 0.2) is 11.8 Å². The Labute approximate surface area is 188 Å². The molecule has 156 valence electrons. The molecule has 0 fully saturated rings. The van der Waals surface area contributed by atoms with Crippen LogP contribution in [0, 0.1) is 6.92 Å². The second-order valence-electron chi connectivity index (χ2n) is 5.87. The standard InChI is InChI=1S/C18H27ClN6O2.HI/c1-14-23-24-17(25(14)2)13-22-18(20-9-6-11-26-3)21-10-12-27-16-8-5-4-7-15(16)19;/h4-5,7-8H,6,9-13H2,1-3H3,(H2,20,21,22);1H. The van der Waals surface area contributed by atoms with Crippen LogP contribution in [0.4, 0.5) is 0 Å². The third-order valence-corrected chi connectivity index (χ3v) is 4.18. The molecule has 0 amide bonds. The molecule has 0 aliphatic rings. The van der Waals surface area contributed by atoms with E-state index in [9.17, 15) is 0 Å². The van der Waals surface area contributed by atoms with E-state index in [1.807, 2.05) is 36.7 Å². The second-order valence-corrected chi connectivity index (χ2v) is 6.27. The molecule has 0 spiro atoms. The van der Waals surface area contributed by atoms with Crippen LogP contribution in [0.25, 0.3) is 0 Å². The summed E-state index contributed by atoms with van der Waals surface area (Å²) in [7, 11) is 3.62. The molecule has 2 rings (SSSR count). The lowest BCUT2D eigenvalue weighted by Crippen LogP contribution is -2.40. The quantitative estimate of drug-likeness (QED) is 0.216. The summed E-state index contributed by atoms with van der Waals surface area (Å²) in [5.74, 6) is 3.02. The summed E-state index contributed by atoms with van der Waals surface area (Å²) < 4.78 is 12.7. The average Bonchev–Trinajstić information content (AvgIpc) is 2.99. The number of hydrogen-bond donors (Lipinski definition) is 2. The van der Waals surface area contributed by atoms with Crippen LogP contribution >= 0.6 is 35.6 Å². The van der Waals surface area contributed by atoms with Crippen molar-refractivity contribution in [2.24, 2.45) is 12.0 Å². The van der Waals surface area contributed by atoms with Gasteiger partial charge in [-0.05, 0) is 25.5 Å². The van der Waals surface area contributed by atoms with Crippen molar-refractivity contribution in [3.8, 4) is 5.75 Å². The van der Waals surface area contributed by atoms with E-state index in [-0.39, 0.29) is 24.0 Å². The normalized spacial score (nSPS) is 11.1. The second kappa shape index (κ2) is 13.6. The highest BCUT2D eigenvalue weighted by Crippen LogP contribution is 2.22. The Morgan fingerprint density at radius 3 is 2.61 bits per heavy atom. The zero-order valence-corrected chi connectivity index (χ0v) is 19.5. The van der Waals surface area contributed by atoms with Crippen LogP contribution in [-0.4, -0.2) is 54.1 Å². The minimum Gasteiger partial charge on any atom is -0.490 e. The van der Waals surface area contributed by atoms with Gasteiger partial charge in [-0.1, -0.05) is 23.7 Å². The van der Waals surface area contributed by atoms with E-state index in [1.165, 1.54) is 0 Å². The lowest BCUT2D eigenvalue weighted by atomic mass is 10.3. The number of nitrogens with zero attached hydrogens (tertiary/aromatic N) is 4. The highest BCUT2D eigenvalue weighted by atomic mass is 127. The number of benzene rings is 1. The van der Waals surface area contributed by atoms with Gasteiger partial charge in [0.1, 0.15) is 24.7 Å².